The summed E-state index contributed by atoms with van der Waals surface area (Å²) in [5.74, 6) is -0.205. The molecule has 0 spiro atoms. The van der Waals surface area contributed by atoms with E-state index in [2.05, 4.69) is 41.4 Å². The summed E-state index contributed by atoms with van der Waals surface area (Å²) < 4.78 is 4.91. The zero-order valence-corrected chi connectivity index (χ0v) is 12.8. The van der Waals surface area contributed by atoms with Crippen LogP contribution < -0.4 is 5.32 Å². The number of fused-ring (bicyclic) bond motifs is 1. The lowest BCUT2D eigenvalue weighted by Crippen LogP contribution is -2.52. The van der Waals surface area contributed by atoms with Crippen molar-refractivity contribution in [1.29, 1.82) is 0 Å². The van der Waals surface area contributed by atoms with Gasteiger partial charge in [0.1, 0.15) is 5.54 Å². The van der Waals surface area contributed by atoms with E-state index in [1.165, 1.54) is 18.2 Å². The van der Waals surface area contributed by atoms with Crippen LogP contribution in [0.25, 0.3) is 0 Å². The first-order chi connectivity index (χ1) is 9.50. The maximum Gasteiger partial charge on any atom is 0.325 e. The van der Waals surface area contributed by atoms with Crippen molar-refractivity contribution >= 4 is 5.97 Å². The number of esters is 1. The van der Waals surface area contributed by atoms with Crippen LogP contribution in [0.5, 0.6) is 0 Å². The Labute approximate surface area is 121 Å². The first-order valence-electron chi connectivity index (χ1n) is 7.08. The van der Waals surface area contributed by atoms with Crippen LogP contribution in [0.2, 0.25) is 0 Å². The van der Waals surface area contributed by atoms with E-state index in [0.29, 0.717) is 6.04 Å². The number of ether oxygens (including phenoxy) is 1. The number of likely N-dealkylation sites (N-methyl/N-ethyl adjacent to an activating group) is 1. The van der Waals surface area contributed by atoms with Crippen LogP contribution in [0.1, 0.15) is 31.4 Å². The van der Waals surface area contributed by atoms with Crippen molar-refractivity contribution in [3.05, 3.63) is 35.4 Å². The van der Waals surface area contributed by atoms with E-state index >= 15 is 0 Å². The lowest BCUT2D eigenvalue weighted by molar-refractivity contribution is -0.148. The third kappa shape index (κ3) is 2.86. The highest BCUT2D eigenvalue weighted by atomic mass is 16.5. The highest BCUT2D eigenvalue weighted by Crippen LogP contribution is 2.27. The minimum Gasteiger partial charge on any atom is -0.468 e. The summed E-state index contributed by atoms with van der Waals surface area (Å²) in [6.07, 6.45) is 0.726. The van der Waals surface area contributed by atoms with Crippen molar-refractivity contribution < 1.29 is 9.53 Å². The molecule has 2 rings (SSSR count). The van der Waals surface area contributed by atoms with Gasteiger partial charge in [0.05, 0.1) is 7.11 Å². The zero-order chi connectivity index (χ0) is 14.8. The molecule has 1 aliphatic heterocycles. The van der Waals surface area contributed by atoms with E-state index in [9.17, 15) is 4.79 Å². The van der Waals surface area contributed by atoms with E-state index < -0.39 is 5.54 Å². The summed E-state index contributed by atoms with van der Waals surface area (Å²) in [4.78, 5) is 14.3. The standard InChI is InChI=1S/C16H24N2O2/c1-12(9-16(2,17-3)15(19)20-4)18-10-13-7-5-6-8-14(13)11-18/h5-8,12,17H,9-11H2,1-4H3. The second-order valence-electron chi connectivity index (χ2n) is 5.80. The van der Waals surface area contributed by atoms with Gasteiger partial charge in [-0.2, -0.15) is 0 Å². The van der Waals surface area contributed by atoms with Gasteiger partial charge >= 0.3 is 5.97 Å². The quantitative estimate of drug-likeness (QED) is 0.834. The van der Waals surface area contributed by atoms with Crippen molar-refractivity contribution in [1.82, 2.24) is 10.2 Å². The molecule has 0 saturated carbocycles. The minimum atomic E-state index is -0.636. The van der Waals surface area contributed by atoms with Gasteiger partial charge in [0.2, 0.25) is 0 Å². The van der Waals surface area contributed by atoms with E-state index in [0.717, 1.165) is 19.5 Å². The summed E-state index contributed by atoms with van der Waals surface area (Å²) in [5, 5.41) is 3.10. The van der Waals surface area contributed by atoms with E-state index in [1.807, 2.05) is 14.0 Å². The molecular formula is C16H24N2O2. The highest BCUT2D eigenvalue weighted by Gasteiger charge is 2.36. The van der Waals surface area contributed by atoms with Gasteiger partial charge in [-0.1, -0.05) is 24.3 Å². The van der Waals surface area contributed by atoms with Crippen LogP contribution >= 0.6 is 0 Å². The lowest BCUT2D eigenvalue weighted by atomic mass is 9.93. The zero-order valence-electron chi connectivity index (χ0n) is 12.8. The van der Waals surface area contributed by atoms with Crippen molar-refractivity contribution in [2.75, 3.05) is 14.2 Å². The van der Waals surface area contributed by atoms with Crippen molar-refractivity contribution in [2.24, 2.45) is 0 Å². The number of carbonyl (C=O) groups excluding carboxylic acids is 1. The van der Waals surface area contributed by atoms with Gasteiger partial charge in [-0.05, 0) is 38.4 Å². The fraction of sp³-hybridized carbons (Fsp3) is 0.562. The van der Waals surface area contributed by atoms with E-state index in [1.54, 1.807) is 0 Å². The maximum atomic E-state index is 11.9. The van der Waals surface area contributed by atoms with Crippen LogP contribution in [-0.4, -0.2) is 36.6 Å². The molecule has 1 heterocycles. The Morgan fingerprint density at radius 1 is 1.40 bits per heavy atom. The Morgan fingerprint density at radius 3 is 2.40 bits per heavy atom. The fourth-order valence-corrected chi connectivity index (χ4v) is 2.90. The molecule has 0 amide bonds. The molecule has 0 saturated heterocycles. The number of nitrogens with one attached hydrogen (secondary N) is 1. The normalized spacial score (nSPS) is 19.2. The lowest BCUT2D eigenvalue weighted by Gasteiger charge is -2.33. The van der Waals surface area contributed by atoms with Crippen LogP contribution in [-0.2, 0) is 22.6 Å². The SMILES string of the molecule is CNC(C)(CC(C)N1Cc2ccccc2C1)C(=O)OC. The summed E-state index contributed by atoms with van der Waals surface area (Å²) >= 11 is 0. The minimum absolute atomic E-state index is 0.205. The summed E-state index contributed by atoms with van der Waals surface area (Å²) in [7, 11) is 3.25. The number of carbonyl (C=O) groups is 1. The molecule has 0 bridgehead atoms. The fourth-order valence-electron chi connectivity index (χ4n) is 2.90. The number of hydrogen-bond acceptors (Lipinski definition) is 4. The summed E-state index contributed by atoms with van der Waals surface area (Å²) in [6.45, 7) is 5.99. The molecule has 110 valence electrons. The number of nitrogens with zero attached hydrogens (tertiary/aromatic N) is 1. The third-order valence-corrected chi connectivity index (χ3v) is 4.38. The van der Waals surface area contributed by atoms with Crippen LogP contribution in [0.4, 0.5) is 0 Å². The first kappa shape index (κ1) is 15.0. The highest BCUT2D eigenvalue weighted by molar-refractivity contribution is 5.80. The molecule has 0 aliphatic carbocycles. The predicted molar refractivity (Wildman–Crippen MR) is 79.2 cm³/mol. The molecule has 1 aliphatic rings. The van der Waals surface area contributed by atoms with Gasteiger partial charge in [-0.15, -0.1) is 0 Å². The van der Waals surface area contributed by atoms with Gasteiger partial charge in [0.25, 0.3) is 0 Å². The number of methoxy groups -OCH3 is 1. The van der Waals surface area contributed by atoms with Crippen molar-refractivity contribution in [3.8, 4) is 0 Å². The van der Waals surface area contributed by atoms with Gasteiger partial charge in [-0.25, -0.2) is 0 Å². The van der Waals surface area contributed by atoms with Gasteiger partial charge in [0, 0.05) is 19.1 Å². The van der Waals surface area contributed by atoms with Crippen molar-refractivity contribution in [3.63, 3.8) is 0 Å². The average molecular weight is 276 g/mol. The average Bonchev–Trinajstić information content (AvgIpc) is 2.90. The molecule has 0 radical (unpaired) electrons. The van der Waals surface area contributed by atoms with Gasteiger partial charge in [0.15, 0.2) is 0 Å². The maximum absolute atomic E-state index is 11.9. The van der Waals surface area contributed by atoms with Gasteiger partial charge in [-0.3, -0.25) is 9.69 Å². The molecule has 1 aromatic rings. The third-order valence-electron chi connectivity index (χ3n) is 4.38. The predicted octanol–water partition coefficient (Wildman–Crippen LogP) is 1.93. The molecule has 2 unspecified atom stereocenters. The molecule has 2 atom stereocenters. The molecule has 0 fully saturated rings. The summed E-state index contributed by atoms with van der Waals surface area (Å²) in [5.41, 5.74) is 2.15. The molecule has 0 aromatic heterocycles. The first-order valence-corrected chi connectivity index (χ1v) is 7.08. The van der Waals surface area contributed by atoms with Crippen molar-refractivity contribution in [2.45, 2.75) is 44.9 Å². The van der Waals surface area contributed by atoms with Gasteiger partial charge < -0.3 is 10.1 Å². The second-order valence-corrected chi connectivity index (χ2v) is 5.80. The molecule has 4 nitrogen and oxygen atoms in total. The molecular weight excluding hydrogens is 252 g/mol. The Morgan fingerprint density at radius 2 is 1.95 bits per heavy atom. The molecule has 1 N–H and O–H groups in total. The largest absolute Gasteiger partial charge is 0.468 e. The smallest absolute Gasteiger partial charge is 0.325 e. The number of rotatable bonds is 5. The monoisotopic (exact) mass is 276 g/mol. The van der Waals surface area contributed by atoms with Crippen LogP contribution in [0, 0.1) is 0 Å². The summed E-state index contributed by atoms with van der Waals surface area (Å²) in [6, 6.07) is 8.83. The van der Waals surface area contributed by atoms with E-state index in [4.69, 9.17) is 4.74 Å². The second kappa shape index (κ2) is 5.94. The Kier molecular flexibility index (Phi) is 4.45. The topological polar surface area (TPSA) is 41.6 Å². The number of benzene rings is 1. The molecule has 20 heavy (non-hydrogen) atoms. The Balaban J connectivity index is 2.03. The van der Waals surface area contributed by atoms with E-state index in [-0.39, 0.29) is 5.97 Å². The van der Waals surface area contributed by atoms with Crippen LogP contribution in [0.3, 0.4) is 0 Å². The van der Waals surface area contributed by atoms with Crippen LogP contribution in [0.15, 0.2) is 24.3 Å². The number of hydrogen-bond donors (Lipinski definition) is 1. The molecule has 1 aromatic carbocycles. The Hall–Kier alpha value is -1.39. The molecule has 4 heteroatoms. The Bertz CT molecular complexity index is 464.